The van der Waals surface area contributed by atoms with E-state index >= 15 is 0 Å². The van der Waals surface area contributed by atoms with E-state index in [1.807, 2.05) is 25.7 Å². The number of hydrogen-bond donors (Lipinski definition) is 1. The van der Waals surface area contributed by atoms with Crippen molar-refractivity contribution in [1.29, 1.82) is 0 Å². The molecule has 1 amide bonds. The summed E-state index contributed by atoms with van der Waals surface area (Å²) in [6, 6.07) is 4.13. The van der Waals surface area contributed by atoms with Crippen LogP contribution in [-0.4, -0.2) is 43.3 Å². The Kier molecular flexibility index (Phi) is 6.12. The number of piperidine rings is 1. The minimum absolute atomic E-state index is 0.133. The maximum absolute atomic E-state index is 13.1. The highest BCUT2D eigenvalue weighted by molar-refractivity contribution is 7.89. The van der Waals surface area contributed by atoms with E-state index in [1.165, 1.54) is 11.3 Å². The van der Waals surface area contributed by atoms with E-state index in [1.54, 1.807) is 18.2 Å². The monoisotopic (exact) mass is 423 g/mol. The van der Waals surface area contributed by atoms with Gasteiger partial charge in [-0.05, 0) is 49.3 Å². The van der Waals surface area contributed by atoms with Crippen molar-refractivity contribution in [3.05, 3.63) is 23.2 Å². The third kappa shape index (κ3) is 4.55. The number of likely N-dealkylation sites (tertiary alicyclic amines) is 1. The summed E-state index contributed by atoms with van der Waals surface area (Å²) in [5.41, 5.74) is 0.786. The molecule has 1 aromatic carbocycles. The van der Waals surface area contributed by atoms with Crippen molar-refractivity contribution in [3.63, 3.8) is 0 Å². The van der Waals surface area contributed by atoms with Gasteiger partial charge in [0.1, 0.15) is 6.04 Å². The molecule has 28 heavy (non-hydrogen) atoms. The zero-order valence-corrected chi connectivity index (χ0v) is 18.7. The lowest BCUT2D eigenvalue weighted by Crippen LogP contribution is -2.54. The van der Waals surface area contributed by atoms with Gasteiger partial charge in [-0.15, -0.1) is 11.3 Å². The Morgan fingerprint density at radius 3 is 2.50 bits per heavy atom. The average Bonchev–Trinajstić information content (AvgIpc) is 2.97. The van der Waals surface area contributed by atoms with Crippen molar-refractivity contribution in [2.75, 3.05) is 13.1 Å². The third-order valence-corrected chi connectivity index (χ3v) is 7.54. The number of fused-ring (bicyclic) bond motifs is 1. The molecule has 1 N–H and O–H groups in total. The molecular formula is C20H29N3O3S2. The quantitative estimate of drug-likeness (QED) is 0.799. The van der Waals surface area contributed by atoms with E-state index < -0.39 is 16.1 Å². The second-order valence-corrected chi connectivity index (χ2v) is 11.3. The van der Waals surface area contributed by atoms with Crippen molar-refractivity contribution in [2.45, 2.75) is 52.0 Å². The summed E-state index contributed by atoms with van der Waals surface area (Å²) in [5, 5.41) is 0.890. The zero-order chi connectivity index (χ0) is 20.6. The van der Waals surface area contributed by atoms with Crippen LogP contribution >= 0.6 is 11.3 Å². The highest BCUT2D eigenvalue weighted by atomic mass is 32.2. The Morgan fingerprint density at radius 1 is 1.25 bits per heavy atom. The fourth-order valence-corrected chi connectivity index (χ4v) is 6.24. The lowest BCUT2D eigenvalue weighted by Gasteiger charge is -2.37. The Bertz CT molecular complexity index is 958. The summed E-state index contributed by atoms with van der Waals surface area (Å²) in [4.78, 5) is 19.5. The van der Waals surface area contributed by atoms with E-state index in [2.05, 4.69) is 23.6 Å². The van der Waals surface area contributed by atoms with E-state index in [0.29, 0.717) is 24.9 Å². The molecule has 3 rings (SSSR count). The zero-order valence-electron chi connectivity index (χ0n) is 17.1. The smallest absolute Gasteiger partial charge is 0.241 e. The van der Waals surface area contributed by atoms with E-state index in [9.17, 15) is 13.2 Å². The van der Waals surface area contributed by atoms with Gasteiger partial charge in [0.15, 0.2) is 0 Å². The summed E-state index contributed by atoms with van der Waals surface area (Å²) < 4.78 is 29.5. The first-order valence-electron chi connectivity index (χ1n) is 9.75. The molecule has 0 spiro atoms. The molecule has 0 aliphatic carbocycles. The maximum Gasteiger partial charge on any atom is 0.241 e. The standard InChI is InChI=1S/C20H29N3O3S2/c1-12(2)19(20(24)23-10-13(3)8-14(4)11-23)22-28(25,26)16-6-7-17-18(9-16)27-15(5)21-17/h6-7,9,12-14,19,22H,8,10-11H2,1-5H3. The molecule has 0 radical (unpaired) electrons. The van der Waals surface area contributed by atoms with Gasteiger partial charge in [0.05, 0.1) is 20.1 Å². The molecule has 0 bridgehead atoms. The molecule has 1 aromatic heterocycles. The van der Waals surface area contributed by atoms with Crippen LogP contribution in [0.25, 0.3) is 10.2 Å². The summed E-state index contributed by atoms with van der Waals surface area (Å²) in [5.74, 6) is 0.569. The molecule has 2 aromatic rings. The summed E-state index contributed by atoms with van der Waals surface area (Å²) in [6.45, 7) is 11.3. The molecule has 3 atom stereocenters. The largest absolute Gasteiger partial charge is 0.341 e. The van der Waals surface area contributed by atoms with Crippen LogP contribution in [0, 0.1) is 24.7 Å². The average molecular weight is 424 g/mol. The van der Waals surface area contributed by atoms with Crippen LogP contribution in [0.2, 0.25) is 0 Å². The number of thiazole rings is 1. The van der Waals surface area contributed by atoms with Gasteiger partial charge < -0.3 is 4.90 Å². The highest BCUT2D eigenvalue weighted by Gasteiger charge is 2.34. The number of aryl methyl sites for hydroxylation is 1. The van der Waals surface area contributed by atoms with Gasteiger partial charge >= 0.3 is 0 Å². The Hall–Kier alpha value is -1.51. The van der Waals surface area contributed by atoms with Gasteiger partial charge in [-0.25, -0.2) is 13.4 Å². The molecule has 1 fully saturated rings. The minimum atomic E-state index is -3.82. The van der Waals surface area contributed by atoms with Crippen molar-refractivity contribution >= 4 is 37.5 Å². The molecule has 1 aliphatic rings. The highest BCUT2D eigenvalue weighted by Crippen LogP contribution is 2.26. The van der Waals surface area contributed by atoms with Gasteiger partial charge in [-0.1, -0.05) is 27.7 Å². The van der Waals surface area contributed by atoms with Crippen molar-refractivity contribution in [3.8, 4) is 0 Å². The normalized spacial score (nSPS) is 22.0. The molecule has 1 saturated heterocycles. The number of sulfonamides is 1. The number of rotatable bonds is 5. The van der Waals surface area contributed by atoms with Crippen LogP contribution in [0.4, 0.5) is 0 Å². The molecule has 8 heteroatoms. The van der Waals surface area contributed by atoms with Gasteiger partial charge in [-0.2, -0.15) is 4.72 Å². The second-order valence-electron chi connectivity index (χ2n) is 8.39. The van der Waals surface area contributed by atoms with Crippen LogP contribution in [0.5, 0.6) is 0 Å². The summed E-state index contributed by atoms with van der Waals surface area (Å²) >= 11 is 1.46. The Labute approximate surface area is 171 Å². The predicted octanol–water partition coefficient (Wildman–Crippen LogP) is 3.41. The van der Waals surface area contributed by atoms with Crippen LogP contribution in [-0.2, 0) is 14.8 Å². The third-order valence-electron chi connectivity index (χ3n) is 5.17. The number of nitrogens with zero attached hydrogens (tertiary/aromatic N) is 2. The molecular weight excluding hydrogens is 394 g/mol. The first kappa shape index (κ1) is 21.2. The molecule has 154 valence electrons. The topological polar surface area (TPSA) is 79.4 Å². The number of carbonyl (C=O) groups is 1. The number of benzene rings is 1. The van der Waals surface area contributed by atoms with Gasteiger partial charge in [-0.3, -0.25) is 4.79 Å². The molecule has 1 aliphatic heterocycles. The number of nitrogens with one attached hydrogen (secondary N) is 1. The summed E-state index contributed by atoms with van der Waals surface area (Å²) in [6.07, 6.45) is 1.09. The van der Waals surface area contributed by atoms with E-state index in [0.717, 1.165) is 21.6 Å². The van der Waals surface area contributed by atoms with Crippen LogP contribution in [0.3, 0.4) is 0 Å². The maximum atomic E-state index is 13.1. The van der Waals surface area contributed by atoms with Crippen molar-refractivity contribution in [1.82, 2.24) is 14.6 Å². The lowest BCUT2D eigenvalue weighted by atomic mass is 9.91. The van der Waals surface area contributed by atoms with E-state index in [4.69, 9.17) is 0 Å². The van der Waals surface area contributed by atoms with Crippen molar-refractivity contribution in [2.24, 2.45) is 17.8 Å². The molecule has 6 nitrogen and oxygen atoms in total. The SMILES string of the molecule is Cc1nc2ccc(S(=O)(=O)NC(C(=O)N3CC(C)CC(C)C3)C(C)C)cc2s1. The number of amides is 1. The Morgan fingerprint density at radius 2 is 1.89 bits per heavy atom. The first-order chi connectivity index (χ1) is 13.1. The molecule has 0 saturated carbocycles. The fraction of sp³-hybridized carbons (Fsp3) is 0.600. The number of carbonyl (C=O) groups excluding carboxylic acids is 1. The second kappa shape index (κ2) is 8.08. The summed E-state index contributed by atoms with van der Waals surface area (Å²) in [7, 11) is -3.82. The lowest BCUT2D eigenvalue weighted by molar-refractivity contribution is -0.136. The van der Waals surface area contributed by atoms with E-state index in [-0.39, 0.29) is 16.7 Å². The predicted molar refractivity (Wildman–Crippen MR) is 113 cm³/mol. The fourth-order valence-electron chi connectivity index (χ4n) is 3.93. The van der Waals surface area contributed by atoms with Crippen LogP contribution < -0.4 is 4.72 Å². The van der Waals surface area contributed by atoms with Crippen LogP contribution in [0.15, 0.2) is 23.1 Å². The number of aromatic nitrogens is 1. The van der Waals surface area contributed by atoms with Gasteiger partial charge in [0, 0.05) is 13.1 Å². The van der Waals surface area contributed by atoms with Crippen molar-refractivity contribution < 1.29 is 13.2 Å². The molecule has 3 unspecified atom stereocenters. The number of hydrogen-bond acceptors (Lipinski definition) is 5. The van der Waals surface area contributed by atoms with Gasteiger partial charge in [0.2, 0.25) is 15.9 Å². The van der Waals surface area contributed by atoms with Gasteiger partial charge in [0.25, 0.3) is 0 Å². The van der Waals surface area contributed by atoms with Crippen LogP contribution in [0.1, 0.15) is 39.1 Å². The minimum Gasteiger partial charge on any atom is -0.341 e. The molecule has 2 heterocycles. The Balaban J connectivity index is 1.84. The first-order valence-corrected chi connectivity index (χ1v) is 12.0.